The molecule has 0 aromatic heterocycles. The maximum Gasteiger partial charge on any atom is 0.329 e. The van der Waals surface area contributed by atoms with Gasteiger partial charge < -0.3 is 25.7 Å². The van der Waals surface area contributed by atoms with Crippen LogP contribution in [0, 0.1) is 0 Å². The molecule has 24 heavy (non-hydrogen) atoms. The minimum absolute atomic E-state index is 0.0601. The highest BCUT2D eigenvalue weighted by atomic mass is 16.7. The zero-order chi connectivity index (χ0) is 17.9. The van der Waals surface area contributed by atoms with Crippen LogP contribution in [0.5, 0.6) is 0 Å². The molecule has 10 heteroatoms. The van der Waals surface area contributed by atoms with Gasteiger partial charge in [0.25, 0.3) is 0 Å². The van der Waals surface area contributed by atoms with E-state index in [1.54, 1.807) is 0 Å². The molecule has 3 atom stereocenters. The number of hydrogen-bond acceptors (Lipinski definition) is 9. The van der Waals surface area contributed by atoms with Gasteiger partial charge in [0.15, 0.2) is 6.23 Å². The van der Waals surface area contributed by atoms with Gasteiger partial charge in [-0.1, -0.05) is 6.42 Å². The van der Waals surface area contributed by atoms with Crippen LogP contribution in [0.4, 0.5) is 0 Å². The lowest BCUT2D eigenvalue weighted by Gasteiger charge is -2.26. The van der Waals surface area contributed by atoms with Crippen molar-refractivity contribution in [2.45, 2.75) is 56.8 Å². The number of aliphatic carboxylic acids is 1. The molecular weight excluding hydrogens is 320 g/mol. The van der Waals surface area contributed by atoms with Crippen LogP contribution in [0.2, 0.25) is 0 Å². The number of carboxylic acids is 1. The average molecular weight is 346 g/mol. The molecule has 1 rings (SSSR count). The molecule has 0 amide bonds. The smallest absolute Gasteiger partial charge is 0.329 e. The summed E-state index contributed by atoms with van der Waals surface area (Å²) in [6.07, 6.45) is 1.33. The lowest BCUT2D eigenvalue weighted by molar-refractivity contribution is -0.161. The highest BCUT2D eigenvalue weighted by Gasteiger charge is 2.28. The molecule has 1 aliphatic rings. The Balaban J connectivity index is 1.99. The van der Waals surface area contributed by atoms with Crippen molar-refractivity contribution in [1.29, 1.82) is 0 Å². The predicted octanol–water partition coefficient (Wildman–Crippen LogP) is -1.41. The number of nitrogens with two attached hydrogens (primary N) is 2. The van der Waals surface area contributed by atoms with E-state index in [9.17, 15) is 14.4 Å². The molecule has 0 aliphatic carbocycles. The van der Waals surface area contributed by atoms with Crippen molar-refractivity contribution in [3.8, 4) is 0 Å². The van der Waals surface area contributed by atoms with E-state index in [1.165, 1.54) is 0 Å². The second kappa shape index (κ2) is 10.9. The van der Waals surface area contributed by atoms with E-state index >= 15 is 0 Å². The van der Waals surface area contributed by atoms with Crippen molar-refractivity contribution >= 4 is 17.9 Å². The van der Waals surface area contributed by atoms with E-state index in [2.05, 4.69) is 10.8 Å². The van der Waals surface area contributed by atoms with Gasteiger partial charge in [-0.15, -0.1) is 0 Å². The molecule has 1 saturated heterocycles. The molecule has 0 aromatic rings. The first-order valence-electron chi connectivity index (χ1n) is 7.98. The molecule has 0 aromatic carbocycles. The summed E-state index contributed by atoms with van der Waals surface area (Å²) in [6.45, 7) is 1.18. The largest absolute Gasteiger partial charge is 0.481 e. The van der Waals surface area contributed by atoms with Crippen LogP contribution in [0.15, 0.2) is 0 Å². The average Bonchev–Trinajstić information content (AvgIpc) is 2.39. The zero-order valence-corrected chi connectivity index (χ0v) is 13.5. The SMILES string of the molecule is NC(CCCCNOC(=O)CC(N)OC(=O)C1CCN1)CC(=O)O. The third-order valence-corrected chi connectivity index (χ3v) is 3.47. The maximum atomic E-state index is 11.5. The second-order valence-electron chi connectivity index (χ2n) is 5.70. The predicted molar refractivity (Wildman–Crippen MR) is 83.3 cm³/mol. The first kappa shape index (κ1) is 20.3. The van der Waals surface area contributed by atoms with Gasteiger partial charge in [0.2, 0.25) is 0 Å². The lowest BCUT2D eigenvalue weighted by Crippen LogP contribution is -2.51. The summed E-state index contributed by atoms with van der Waals surface area (Å²) in [5.41, 5.74) is 13.7. The molecule has 1 heterocycles. The van der Waals surface area contributed by atoms with Gasteiger partial charge in [-0.05, 0) is 25.8 Å². The number of esters is 1. The van der Waals surface area contributed by atoms with Crippen LogP contribution in [-0.4, -0.2) is 54.4 Å². The van der Waals surface area contributed by atoms with Crippen LogP contribution < -0.4 is 22.3 Å². The summed E-state index contributed by atoms with van der Waals surface area (Å²) in [6, 6.07) is -0.708. The Morgan fingerprint density at radius 2 is 1.96 bits per heavy atom. The summed E-state index contributed by atoms with van der Waals surface area (Å²) >= 11 is 0. The quantitative estimate of drug-likeness (QED) is 0.122. The minimum atomic E-state index is -1.04. The van der Waals surface area contributed by atoms with Gasteiger partial charge in [-0.2, -0.15) is 5.48 Å². The molecular formula is C14H26N4O6. The Labute approximate surface area is 140 Å². The van der Waals surface area contributed by atoms with Gasteiger partial charge in [-0.25, -0.2) is 0 Å². The number of unbranched alkanes of at least 4 members (excludes halogenated alkanes) is 1. The van der Waals surface area contributed by atoms with E-state index in [0.717, 1.165) is 6.54 Å². The number of ether oxygens (including phenoxy) is 1. The number of hydroxylamine groups is 1. The van der Waals surface area contributed by atoms with Crippen LogP contribution in [-0.2, 0) is 24.0 Å². The topological polar surface area (TPSA) is 166 Å². The van der Waals surface area contributed by atoms with Crippen molar-refractivity contribution in [3.05, 3.63) is 0 Å². The van der Waals surface area contributed by atoms with E-state index < -0.39 is 24.1 Å². The number of hydrogen-bond donors (Lipinski definition) is 5. The molecule has 3 unspecified atom stereocenters. The number of carbonyl (C=O) groups excluding carboxylic acids is 2. The molecule has 0 radical (unpaired) electrons. The summed E-state index contributed by atoms with van der Waals surface area (Å²) in [5.74, 6) is -2.01. The van der Waals surface area contributed by atoms with Crippen molar-refractivity contribution < 1.29 is 29.1 Å². The highest BCUT2D eigenvalue weighted by molar-refractivity contribution is 5.77. The summed E-state index contributed by atoms with van der Waals surface area (Å²) in [7, 11) is 0. The van der Waals surface area contributed by atoms with Gasteiger partial charge in [0, 0.05) is 12.6 Å². The van der Waals surface area contributed by atoms with Crippen LogP contribution >= 0.6 is 0 Å². The van der Waals surface area contributed by atoms with Crippen LogP contribution in [0.3, 0.4) is 0 Å². The Hall–Kier alpha value is -1.75. The number of carboxylic acid groups (broad SMARTS) is 1. The van der Waals surface area contributed by atoms with E-state index in [0.29, 0.717) is 32.2 Å². The van der Waals surface area contributed by atoms with Gasteiger partial charge in [0.05, 0.1) is 12.8 Å². The highest BCUT2D eigenvalue weighted by Crippen LogP contribution is 2.06. The minimum Gasteiger partial charge on any atom is -0.481 e. The first-order valence-corrected chi connectivity index (χ1v) is 7.98. The number of carbonyl (C=O) groups is 3. The van der Waals surface area contributed by atoms with Crippen LogP contribution in [0.25, 0.3) is 0 Å². The Kier molecular flexibility index (Phi) is 9.23. The maximum absolute atomic E-state index is 11.5. The standard InChI is InChI=1S/C14H26N4O6/c15-9(7-12(19)20)3-1-2-5-18-24-13(21)8-11(16)23-14(22)10-4-6-17-10/h9-11,17-18H,1-8,15-16H2,(H,19,20). The fourth-order valence-electron chi connectivity index (χ4n) is 2.03. The van der Waals surface area contributed by atoms with Gasteiger partial charge >= 0.3 is 17.9 Å². The lowest BCUT2D eigenvalue weighted by atomic mass is 10.1. The number of rotatable bonds is 12. The van der Waals surface area contributed by atoms with E-state index in [-0.39, 0.29) is 24.9 Å². The third kappa shape index (κ3) is 8.77. The second-order valence-corrected chi connectivity index (χ2v) is 5.70. The van der Waals surface area contributed by atoms with Crippen molar-refractivity contribution in [3.63, 3.8) is 0 Å². The van der Waals surface area contributed by atoms with Gasteiger partial charge in [-0.3, -0.25) is 20.1 Å². The summed E-state index contributed by atoms with van der Waals surface area (Å²) < 4.78 is 4.91. The van der Waals surface area contributed by atoms with Crippen molar-refractivity contribution in [2.24, 2.45) is 11.5 Å². The molecule has 138 valence electrons. The molecule has 1 fully saturated rings. The molecule has 0 spiro atoms. The van der Waals surface area contributed by atoms with E-state index in [1.807, 2.05) is 0 Å². The van der Waals surface area contributed by atoms with Crippen molar-refractivity contribution in [1.82, 2.24) is 10.8 Å². The molecule has 10 nitrogen and oxygen atoms in total. The first-order chi connectivity index (χ1) is 11.4. The fraction of sp³-hybridized carbons (Fsp3) is 0.786. The van der Waals surface area contributed by atoms with Gasteiger partial charge in [0.1, 0.15) is 6.04 Å². The monoisotopic (exact) mass is 346 g/mol. The third-order valence-electron chi connectivity index (χ3n) is 3.47. The fourth-order valence-corrected chi connectivity index (χ4v) is 2.03. The molecule has 7 N–H and O–H groups in total. The normalized spacial score (nSPS) is 19.0. The summed E-state index contributed by atoms with van der Waals surface area (Å²) in [5, 5.41) is 11.4. The van der Waals surface area contributed by atoms with Crippen LogP contribution in [0.1, 0.15) is 38.5 Å². The zero-order valence-electron chi connectivity index (χ0n) is 13.5. The Morgan fingerprint density at radius 3 is 2.54 bits per heavy atom. The van der Waals surface area contributed by atoms with E-state index in [4.69, 9.17) is 26.1 Å². The molecule has 1 aliphatic heterocycles. The molecule has 0 saturated carbocycles. The Bertz CT molecular complexity index is 429. The summed E-state index contributed by atoms with van der Waals surface area (Å²) in [4.78, 5) is 38.2. The Morgan fingerprint density at radius 1 is 1.25 bits per heavy atom. The number of nitrogens with one attached hydrogen (secondary N) is 2. The molecule has 0 bridgehead atoms. The van der Waals surface area contributed by atoms with Crippen molar-refractivity contribution in [2.75, 3.05) is 13.1 Å².